The predicted octanol–water partition coefficient (Wildman–Crippen LogP) is 9.55. The molecule has 284 valence electrons. The molecule has 0 aromatic heterocycles. The Morgan fingerprint density at radius 2 is 1.15 bits per heavy atom. The van der Waals surface area contributed by atoms with Crippen molar-refractivity contribution in [3.8, 4) is 0 Å². The zero-order valence-corrected chi connectivity index (χ0v) is 32.8. The van der Waals surface area contributed by atoms with Gasteiger partial charge < -0.3 is 28.8 Å². The molecule has 0 rings (SSSR count). The van der Waals surface area contributed by atoms with Crippen molar-refractivity contribution < 1.29 is 32.9 Å². The molecule has 1 amide bonds. The molecule has 2 N–H and O–H groups in total. The van der Waals surface area contributed by atoms with Crippen molar-refractivity contribution in [2.75, 3.05) is 40.9 Å². The first kappa shape index (κ1) is 47.0. The summed E-state index contributed by atoms with van der Waals surface area (Å²) in [5.41, 5.74) is 0. The number of rotatable bonds is 35. The second-order valence-electron chi connectivity index (χ2n) is 14.6. The van der Waals surface area contributed by atoms with Crippen LogP contribution in [0, 0.1) is 0 Å². The average molecular weight is 701 g/mol. The lowest BCUT2D eigenvalue weighted by atomic mass is 10.0. The number of likely N-dealkylation sites (N-methyl/N-ethyl adjacent to an activating group) is 1. The molecule has 0 bridgehead atoms. The van der Waals surface area contributed by atoms with Crippen molar-refractivity contribution >= 4 is 13.7 Å². The van der Waals surface area contributed by atoms with Crippen LogP contribution < -0.4 is 10.2 Å². The monoisotopic (exact) mass is 701 g/mol. The Balaban J connectivity index is 4.56. The van der Waals surface area contributed by atoms with E-state index in [1.54, 1.807) is 6.08 Å². The number of unbranched alkanes of at least 4 members (excludes halogenated alkanes) is 20. The highest BCUT2D eigenvalue weighted by atomic mass is 31.2. The summed E-state index contributed by atoms with van der Waals surface area (Å²) >= 11 is 0. The lowest BCUT2D eigenvalue weighted by Gasteiger charge is -2.29. The number of allylic oxidation sites excluding steroid dienone is 3. The van der Waals surface area contributed by atoms with Gasteiger partial charge >= 0.3 is 0 Å². The number of carbonyl (C=O) groups excluding carboxylic acids is 1. The molecule has 8 nitrogen and oxygen atoms in total. The van der Waals surface area contributed by atoms with Crippen LogP contribution in [0.3, 0.4) is 0 Å². The molecule has 0 heterocycles. The average Bonchev–Trinajstić information content (AvgIpc) is 3.02. The Bertz CT molecular complexity index is 845. The van der Waals surface area contributed by atoms with Gasteiger partial charge in [0.25, 0.3) is 7.82 Å². The SMILES string of the molecule is CCCCCCCC/C=C\CCCCCC(=O)NC(COP(=O)([O-])OCC[N+](C)(C)C)C(O)/C=C/CCCCCCCCCCCCC. The maximum absolute atomic E-state index is 12.8. The number of phosphoric acid groups is 1. The van der Waals surface area contributed by atoms with E-state index in [9.17, 15) is 19.4 Å². The molecule has 0 aliphatic rings. The number of nitrogens with one attached hydrogen (secondary N) is 1. The zero-order chi connectivity index (χ0) is 35.8. The molecule has 3 unspecified atom stereocenters. The van der Waals surface area contributed by atoms with Gasteiger partial charge in [0.2, 0.25) is 5.91 Å². The molecule has 0 spiro atoms. The molecule has 0 saturated heterocycles. The molecule has 0 aliphatic carbocycles. The quantitative estimate of drug-likeness (QED) is 0.0295. The Labute approximate surface area is 296 Å². The Hall–Kier alpha value is -1.02. The van der Waals surface area contributed by atoms with E-state index in [2.05, 4.69) is 31.3 Å². The molecule has 0 radical (unpaired) electrons. The molecule has 3 atom stereocenters. The van der Waals surface area contributed by atoms with Gasteiger partial charge in [-0.1, -0.05) is 141 Å². The fourth-order valence-corrected chi connectivity index (χ4v) is 6.16. The van der Waals surface area contributed by atoms with Crippen molar-refractivity contribution in [2.45, 2.75) is 180 Å². The number of quaternary nitrogens is 1. The van der Waals surface area contributed by atoms with Crippen LogP contribution in [0.4, 0.5) is 0 Å². The minimum absolute atomic E-state index is 0.00302. The number of hydrogen-bond donors (Lipinski definition) is 2. The summed E-state index contributed by atoms with van der Waals surface area (Å²) in [5, 5.41) is 13.7. The fraction of sp³-hybridized carbons (Fsp3) is 0.872. The zero-order valence-electron chi connectivity index (χ0n) is 31.9. The topological polar surface area (TPSA) is 108 Å². The van der Waals surface area contributed by atoms with Crippen molar-refractivity contribution in [1.29, 1.82) is 0 Å². The Kier molecular flexibility index (Phi) is 31.2. The lowest BCUT2D eigenvalue weighted by molar-refractivity contribution is -0.870. The van der Waals surface area contributed by atoms with Gasteiger partial charge in [0.05, 0.1) is 39.9 Å². The van der Waals surface area contributed by atoms with Crippen molar-refractivity contribution in [1.82, 2.24) is 5.32 Å². The van der Waals surface area contributed by atoms with E-state index < -0.39 is 20.0 Å². The predicted molar refractivity (Wildman–Crippen MR) is 201 cm³/mol. The normalized spacial score (nSPS) is 14.9. The van der Waals surface area contributed by atoms with E-state index in [1.807, 2.05) is 27.2 Å². The van der Waals surface area contributed by atoms with E-state index in [4.69, 9.17) is 9.05 Å². The summed E-state index contributed by atoms with van der Waals surface area (Å²) in [7, 11) is 1.25. The molecule has 0 aromatic carbocycles. The van der Waals surface area contributed by atoms with Gasteiger partial charge in [0.15, 0.2) is 0 Å². The first-order chi connectivity index (χ1) is 23.0. The highest BCUT2D eigenvalue weighted by Crippen LogP contribution is 2.38. The standard InChI is InChI=1S/C39H77N2O6P/c1-6-8-10-12-14-16-18-20-22-24-26-28-30-32-38(42)37(36-47-48(44,45)46-35-34-41(3,4)5)40-39(43)33-31-29-27-25-23-21-19-17-15-13-11-9-7-2/h21,23,30,32,37-38,42H,6-20,22,24-29,31,33-36H2,1-5H3,(H-,40,43,44,45)/b23-21-,32-30+. The number of carbonyl (C=O) groups is 1. The first-order valence-electron chi connectivity index (χ1n) is 19.7. The number of hydrogen-bond acceptors (Lipinski definition) is 6. The summed E-state index contributed by atoms with van der Waals surface area (Å²) in [4.78, 5) is 25.1. The van der Waals surface area contributed by atoms with Gasteiger partial charge in [-0.05, 0) is 44.9 Å². The second kappa shape index (κ2) is 31.9. The second-order valence-corrected chi connectivity index (χ2v) is 16.0. The van der Waals surface area contributed by atoms with Crippen LogP contribution in [0.25, 0.3) is 0 Å². The fourth-order valence-electron chi connectivity index (χ4n) is 5.44. The van der Waals surface area contributed by atoms with Crippen LogP contribution in [0.1, 0.15) is 168 Å². The van der Waals surface area contributed by atoms with E-state index in [1.165, 1.54) is 96.3 Å². The number of amides is 1. The van der Waals surface area contributed by atoms with Crippen molar-refractivity contribution in [3.63, 3.8) is 0 Å². The van der Waals surface area contributed by atoms with E-state index in [0.29, 0.717) is 17.4 Å². The summed E-state index contributed by atoms with van der Waals surface area (Å²) < 4.78 is 23.1. The van der Waals surface area contributed by atoms with Gasteiger partial charge in [-0.3, -0.25) is 9.36 Å². The molecular weight excluding hydrogens is 623 g/mol. The Morgan fingerprint density at radius 3 is 1.62 bits per heavy atom. The van der Waals surface area contributed by atoms with Crippen LogP contribution in [-0.4, -0.2) is 68.5 Å². The third-order valence-corrected chi connectivity index (χ3v) is 9.62. The van der Waals surface area contributed by atoms with Gasteiger partial charge in [0.1, 0.15) is 13.2 Å². The van der Waals surface area contributed by atoms with E-state index in [-0.39, 0.29) is 19.1 Å². The number of nitrogens with zero attached hydrogens (tertiary/aromatic N) is 1. The number of phosphoric ester groups is 1. The highest BCUT2D eigenvalue weighted by molar-refractivity contribution is 7.45. The molecule has 0 aromatic rings. The maximum atomic E-state index is 12.8. The van der Waals surface area contributed by atoms with Crippen LogP contribution >= 0.6 is 7.82 Å². The molecular formula is C39H77N2O6P. The van der Waals surface area contributed by atoms with Crippen LogP contribution in [0.15, 0.2) is 24.3 Å². The van der Waals surface area contributed by atoms with Crippen molar-refractivity contribution in [2.24, 2.45) is 0 Å². The van der Waals surface area contributed by atoms with Gasteiger partial charge in [-0.25, -0.2) is 0 Å². The molecule has 48 heavy (non-hydrogen) atoms. The van der Waals surface area contributed by atoms with E-state index in [0.717, 1.165) is 51.4 Å². The van der Waals surface area contributed by atoms with Crippen LogP contribution in [-0.2, 0) is 18.4 Å². The third kappa shape index (κ3) is 33.5. The number of aliphatic hydroxyl groups is 1. The molecule has 0 fully saturated rings. The smallest absolute Gasteiger partial charge is 0.268 e. The van der Waals surface area contributed by atoms with E-state index >= 15 is 0 Å². The summed E-state index contributed by atoms with van der Waals surface area (Å²) in [5.74, 6) is -0.216. The minimum Gasteiger partial charge on any atom is -0.756 e. The summed E-state index contributed by atoms with van der Waals surface area (Å²) in [6.07, 6.45) is 35.0. The third-order valence-electron chi connectivity index (χ3n) is 8.66. The van der Waals surface area contributed by atoms with Crippen LogP contribution in [0.5, 0.6) is 0 Å². The lowest BCUT2D eigenvalue weighted by Crippen LogP contribution is -2.45. The van der Waals surface area contributed by atoms with Crippen LogP contribution in [0.2, 0.25) is 0 Å². The number of aliphatic hydroxyl groups excluding tert-OH is 1. The first-order valence-corrected chi connectivity index (χ1v) is 21.2. The highest BCUT2D eigenvalue weighted by Gasteiger charge is 2.23. The maximum Gasteiger partial charge on any atom is 0.268 e. The largest absolute Gasteiger partial charge is 0.756 e. The van der Waals surface area contributed by atoms with Gasteiger partial charge in [-0.15, -0.1) is 0 Å². The molecule has 0 aliphatic heterocycles. The minimum atomic E-state index is -4.58. The Morgan fingerprint density at radius 1 is 0.708 bits per heavy atom. The summed E-state index contributed by atoms with van der Waals surface area (Å²) in [6.45, 7) is 4.60. The van der Waals surface area contributed by atoms with Crippen molar-refractivity contribution in [3.05, 3.63) is 24.3 Å². The molecule has 9 heteroatoms. The van der Waals surface area contributed by atoms with Gasteiger partial charge in [-0.2, -0.15) is 0 Å². The summed E-state index contributed by atoms with van der Waals surface area (Å²) in [6, 6.07) is -0.889. The van der Waals surface area contributed by atoms with Gasteiger partial charge in [0, 0.05) is 6.42 Å². The molecule has 0 saturated carbocycles.